The van der Waals surface area contributed by atoms with Crippen LogP contribution in [0.2, 0.25) is 0 Å². The second-order valence-electron chi connectivity index (χ2n) is 5.69. The van der Waals surface area contributed by atoms with Gasteiger partial charge in [-0.25, -0.2) is 4.79 Å². The monoisotopic (exact) mass is 354 g/mol. The van der Waals surface area contributed by atoms with E-state index in [0.717, 1.165) is 4.90 Å². The van der Waals surface area contributed by atoms with E-state index in [4.69, 9.17) is 9.84 Å². The molecule has 10 heteroatoms. The van der Waals surface area contributed by atoms with Crippen LogP contribution >= 0.6 is 0 Å². The minimum absolute atomic E-state index is 0.0677. The Kier molecular flexibility index (Phi) is 6.85. The average molecular weight is 354 g/mol. The van der Waals surface area contributed by atoms with Gasteiger partial charge >= 0.3 is 24.1 Å². The number of likely N-dealkylation sites (tertiary alicyclic amines) is 1. The third-order valence-electron chi connectivity index (χ3n) is 3.80. The van der Waals surface area contributed by atoms with Crippen molar-refractivity contribution in [3.05, 3.63) is 0 Å². The summed E-state index contributed by atoms with van der Waals surface area (Å²) in [5, 5.41) is 11.4. The molecule has 2 N–H and O–H groups in total. The molecule has 1 rings (SSSR count). The fourth-order valence-electron chi connectivity index (χ4n) is 2.49. The molecule has 0 spiro atoms. The number of ether oxygens (including phenoxy) is 1. The third kappa shape index (κ3) is 5.57. The predicted octanol–water partition coefficient (Wildman–Crippen LogP) is 1.62. The fourth-order valence-corrected chi connectivity index (χ4v) is 2.49. The topological polar surface area (TPSA) is 95.9 Å². The number of halogens is 3. The van der Waals surface area contributed by atoms with Crippen LogP contribution in [-0.4, -0.2) is 59.9 Å². The molecule has 1 saturated heterocycles. The smallest absolute Gasteiger partial charge is 0.394 e. The number of urea groups is 1. The quantitative estimate of drug-likeness (QED) is 0.707. The van der Waals surface area contributed by atoms with Gasteiger partial charge in [-0.3, -0.25) is 9.59 Å². The van der Waals surface area contributed by atoms with E-state index in [1.165, 1.54) is 0 Å². The number of hydrogen-bond donors (Lipinski definition) is 2. The lowest BCUT2D eigenvalue weighted by atomic mass is 9.96. The van der Waals surface area contributed by atoms with E-state index in [1.807, 2.05) is 0 Å². The molecule has 0 aromatic heterocycles. The number of nitrogens with one attached hydrogen (secondary N) is 1. The molecule has 1 aliphatic heterocycles. The Labute approximate surface area is 137 Å². The second kappa shape index (κ2) is 8.20. The van der Waals surface area contributed by atoms with E-state index < -0.39 is 55.1 Å². The summed E-state index contributed by atoms with van der Waals surface area (Å²) >= 11 is 0. The highest BCUT2D eigenvalue weighted by molar-refractivity contribution is 5.78. The summed E-state index contributed by atoms with van der Waals surface area (Å²) in [4.78, 5) is 35.1. The SMILES string of the molecule is CCOC(=O)CCC(C)NC(=O)N1C[C@@H](C(F)(F)F)[C@H](C(=O)O)C1. The van der Waals surface area contributed by atoms with Crippen molar-refractivity contribution >= 4 is 18.0 Å². The van der Waals surface area contributed by atoms with Gasteiger partial charge in [-0.05, 0) is 20.3 Å². The third-order valence-corrected chi connectivity index (χ3v) is 3.80. The van der Waals surface area contributed by atoms with Crippen LogP contribution in [0, 0.1) is 11.8 Å². The predicted molar refractivity (Wildman–Crippen MR) is 76.1 cm³/mol. The highest BCUT2D eigenvalue weighted by Crippen LogP contribution is 2.37. The first-order valence-corrected chi connectivity index (χ1v) is 7.56. The molecule has 0 aliphatic carbocycles. The van der Waals surface area contributed by atoms with Crippen molar-refractivity contribution in [1.29, 1.82) is 0 Å². The van der Waals surface area contributed by atoms with E-state index in [2.05, 4.69) is 5.32 Å². The lowest BCUT2D eigenvalue weighted by molar-refractivity contribution is -0.187. The van der Waals surface area contributed by atoms with Gasteiger partial charge in [0.15, 0.2) is 0 Å². The van der Waals surface area contributed by atoms with Crippen molar-refractivity contribution in [2.45, 2.75) is 38.9 Å². The number of hydrogen-bond acceptors (Lipinski definition) is 4. The van der Waals surface area contributed by atoms with Crippen molar-refractivity contribution < 1.29 is 37.4 Å². The number of nitrogens with zero attached hydrogens (tertiary/aromatic N) is 1. The van der Waals surface area contributed by atoms with Crippen LogP contribution in [-0.2, 0) is 14.3 Å². The van der Waals surface area contributed by atoms with Crippen LogP contribution in [0.5, 0.6) is 0 Å². The van der Waals surface area contributed by atoms with Crippen LogP contribution in [0.4, 0.5) is 18.0 Å². The Morgan fingerprint density at radius 1 is 1.33 bits per heavy atom. The number of carbonyl (C=O) groups excluding carboxylic acids is 2. The number of carboxylic acids is 1. The molecule has 1 heterocycles. The first-order chi connectivity index (χ1) is 11.1. The maximum absolute atomic E-state index is 12.9. The minimum atomic E-state index is -4.69. The molecule has 1 fully saturated rings. The van der Waals surface area contributed by atoms with Gasteiger partial charge in [0.25, 0.3) is 0 Å². The summed E-state index contributed by atoms with van der Waals surface area (Å²) in [5.74, 6) is -5.77. The molecule has 0 radical (unpaired) electrons. The van der Waals surface area contributed by atoms with E-state index in [0.29, 0.717) is 0 Å². The summed E-state index contributed by atoms with van der Waals surface area (Å²) < 4.78 is 43.4. The molecule has 2 amide bonds. The van der Waals surface area contributed by atoms with Gasteiger partial charge in [0.1, 0.15) is 0 Å². The van der Waals surface area contributed by atoms with Gasteiger partial charge in [-0.15, -0.1) is 0 Å². The largest absolute Gasteiger partial charge is 0.481 e. The Bertz CT molecular complexity index is 484. The van der Waals surface area contributed by atoms with E-state index in [1.54, 1.807) is 13.8 Å². The molecule has 24 heavy (non-hydrogen) atoms. The van der Waals surface area contributed by atoms with Gasteiger partial charge in [0, 0.05) is 25.6 Å². The van der Waals surface area contributed by atoms with Crippen LogP contribution in [0.3, 0.4) is 0 Å². The lowest BCUT2D eigenvalue weighted by Crippen LogP contribution is -2.43. The zero-order chi connectivity index (χ0) is 18.5. The molecule has 3 atom stereocenters. The van der Waals surface area contributed by atoms with E-state index in [9.17, 15) is 27.6 Å². The molecular formula is C14H21F3N2O5. The molecule has 0 aromatic rings. The second-order valence-corrected chi connectivity index (χ2v) is 5.69. The molecule has 138 valence electrons. The van der Waals surface area contributed by atoms with Gasteiger partial charge in [-0.1, -0.05) is 0 Å². The number of aliphatic carboxylic acids is 1. The van der Waals surface area contributed by atoms with Crippen LogP contribution < -0.4 is 5.32 Å². The number of carboxylic acid groups (broad SMARTS) is 1. The Morgan fingerprint density at radius 2 is 1.96 bits per heavy atom. The van der Waals surface area contributed by atoms with Crippen LogP contribution in [0.15, 0.2) is 0 Å². The fraction of sp³-hybridized carbons (Fsp3) is 0.786. The van der Waals surface area contributed by atoms with Crippen molar-refractivity contribution in [1.82, 2.24) is 10.2 Å². The minimum Gasteiger partial charge on any atom is -0.481 e. The van der Waals surface area contributed by atoms with Gasteiger partial charge in [-0.2, -0.15) is 13.2 Å². The molecule has 1 aliphatic rings. The first kappa shape index (κ1) is 20.0. The molecule has 7 nitrogen and oxygen atoms in total. The zero-order valence-corrected chi connectivity index (χ0v) is 13.4. The molecular weight excluding hydrogens is 333 g/mol. The summed E-state index contributed by atoms with van der Waals surface area (Å²) in [6, 6.07) is -1.24. The Hall–Kier alpha value is -2.00. The van der Waals surface area contributed by atoms with E-state index in [-0.39, 0.29) is 19.4 Å². The number of esters is 1. The number of rotatable bonds is 6. The van der Waals surface area contributed by atoms with Gasteiger partial charge in [0.2, 0.25) is 0 Å². The highest BCUT2D eigenvalue weighted by Gasteiger charge is 2.53. The Morgan fingerprint density at radius 3 is 2.42 bits per heavy atom. The molecule has 0 aromatic carbocycles. The normalized spacial score (nSPS) is 22.1. The van der Waals surface area contributed by atoms with E-state index >= 15 is 0 Å². The molecule has 0 saturated carbocycles. The summed E-state index contributed by atoms with van der Waals surface area (Å²) in [6.07, 6.45) is -4.35. The lowest BCUT2D eigenvalue weighted by Gasteiger charge is -2.21. The van der Waals surface area contributed by atoms with Crippen LogP contribution in [0.25, 0.3) is 0 Å². The summed E-state index contributed by atoms with van der Waals surface area (Å²) in [7, 11) is 0. The maximum Gasteiger partial charge on any atom is 0.394 e. The maximum atomic E-state index is 12.9. The number of carbonyl (C=O) groups is 3. The Balaban J connectivity index is 2.56. The first-order valence-electron chi connectivity index (χ1n) is 7.56. The van der Waals surface area contributed by atoms with Gasteiger partial charge < -0.3 is 20.1 Å². The highest BCUT2D eigenvalue weighted by atomic mass is 19.4. The summed E-state index contributed by atoms with van der Waals surface area (Å²) in [6.45, 7) is 2.30. The van der Waals surface area contributed by atoms with Crippen molar-refractivity contribution in [2.75, 3.05) is 19.7 Å². The van der Waals surface area contributed by atoms with Gasteiger partial charge in [0.05, 0.1) is 18.4 Å². The molecule has 0 bridgehead atoms. The van der Waals surface area contributed by atoms with Crippen molar-refractivity contribution in [3.63, 3.8) is 0 Å². The average Bonchev–Trinajstić information content (AvgIpc) is 2.91. The van der Waals surface area contributed by atoms with Crippen molar-refractivity contribution in [3.8, 4) is 0 Å². The molecule has 1 unspecified atom stereocenters. The standard InChI is InChI=1S/C14H21F3N2O5/c1-3-24-11(20)5-4-8(2)18-13(23)19-6-9(12(21)22)10(7-19)14(15,16)17/h8-10H,3-7H2,1-2H3,(H,18,23)(H,21,22)/t8?,9-,10-/m1/s1. The number of alkyl halides is 3. The van der Waals surface area contributed by atoms with Crippen LogP contribution in [0.1, 0.15) is 26.7 Å². The number of amides is 2. The summed E-state index contributed by atoms with van der Waals surface area (Å²) in [5.41, 5.74) is 0. The van der Waals surface area contributed by atoms with Crippen molar-refractivity contribution in [2.24, 2.45) is 11.8 Å². The zero-order valence-electron chi connectivity index (χ0n) is 13.4.